The molecule has 1 unspecified atom stereocenters. The third-order valence-corrected chi connectivity index (χ3v) is 8.19. The van der Waals surface area contributed by atoms with Crippen molar-refractivity contribution in [3.63, 3.8) is 0 Å². The van der Waals surface area contributed by atoms with Crippen LogP contribution in [0.1, 0.15) is 45.4 Å². The molecular weight excluding hydrogens is 494 g/mol. The van der Waals surface area contributed by atoms with Crippen molar-refractivity contribution in [2.75, 3.05) is 7.11 Å². The van der Waals surface area contributed by atoms with E-state index in [1.54, 1.807) is 18.4 Å². The van der Waals surface area contributed by atoms with E-state index >= 15 is 0 Å². The quantitative estimate of drug-likeness (QED) is 0.198. The minimum absolute atomic E-state index is 0.278. The highest BCUT2D eigenvalue weighted by Gasteiger charge is 2.35. The Kier molecular flexibility index (Phi) is 6.44. The molecule has 0 saturated heterocycles. The summed E-state index contributed by atoms with van der Waals surface area (Å²) in [7, 11) is 1.74. The van der Waals surface area contributed by atoms with Gasteiger partial charge in [-0.25, -0.2) is 9.78 Å². The number of esters is 1. The summed E-state index contributed by atoms with van der Waals surface area (Å²) in [6, 6.07) is 26.4. The summed E-state index contributed by atoms with van der Waals surface area (Å²) in [5.74, 6) is 0.460. The van der Waals surface area contributed by atoms with Gasteiger partial charge in [-0.3, -0.25) is 0 Å². The van der Waals surface area contributed by atoms with Crippen LogP contribution < -0.4 is 4.74 Å². The van der Waals surface area contributed by atoms with E-state index in [0.29, 0.717) is 18.8 Å². The summed E-state index contributed by atoms with van der Waals surface area (Å²) < 4.78 is 17.7. The number of carbonyl (C=O) groups is 1. The van der Waals surface area contributed by atoms with Gasteiger partial charge in [0.15, 0.2) is 0 Å². The fourth-order valence-corrected chi connectivity index (χ4v) is 6.24. The molecule has 1 aliphatic heterocycles. The van der Waals surface area contributed by atoms with Crippen LogP contribution in [0, 0.1) is 0 Å². The largest absolute Gasteiger partial charge is 0.489 e. The third kappa shape index (κ3) is 4.16. The maximum Gasteiger partial charge on any atom is 0.338 e. The molecule has 4 aromatic carbocycles. The molecule has 2 heterocycles. The van der Waals surface area contributed by atoms with Crippen molar-refractivity contribution in [1.82, 2.24) is 4.98 Å². The molecule has 0 fully saturated rings. The smallest absolute Gasteiger partial charge is 0.338 e. The minimum Gasteiger partial charge on any atom is -0.489 e. The van der Waals surface area contributed by atoms with E-state index in [4.69, 9.17) is 14.2 Å². The summed E-state index contributed by atoms with van der Waals surface area (Å²) in [5, 5.41) is 4.93. The lowest BCUT2D eigenvalue weighted by Crippen LogP contribution is -2.29. The van der Waals surface area contributed by atoms with Gasteiger partial charge in [0.25, 0.3) is 0 Å². The number of fused-ring (bicyclic) bond motifs is 2. The van der Waals surface area contributed by atoms with Crippen LogP contribution in [0.15, 0.2) is 90.4 Å². The highest BCUT2D eigenvalue weighted by atomic mass is 32.1. The summed E-state index contributed by atoms with van der Waals surface area (Å²) in [6.07, 6.45) is 2.58. The van der Waals surface area contributed by atoms with Crippen LogP contribution in [-0.4, -0.2) is 18.1 Å². The third-order valence-electron chi connectivity index (χ3n) is 7.27. The van der Waals surface area contributed by atoms with Crippen LogP contribution in [-0.2, 0) is 28.3 Å². The topological polar surface area (TPSA) is 57.7 Å². The number of aromatic nitrogens is 1. The molecule has 0 saturated carbocycles. The summed E-state index contributed by atoms with van der Waals surface area (Å²) in [4.78, 5) is 17.0. The molecule has 0 bridgehead atoms. The number of ether oxygens (including phenoxy) is 3. The monoisotopic (exact) mass is 521 g/mol. The van der Waals surface area contributed by atoms with Crippen molar-refractivity contribution in [3.05, 3.63) is 118 Å². The number of cyclic esters (lactones) is 1. The molecule has 6 rings (SSSR count). The Morgan fingerprint density at radius 3 is 2.66 bits per heavy atom. The molecule has 6 heteroatoms. The maximum atomic E-state index is 12.5. The zero-order valence-electron chi connectivity index (χ0n) is 21.3. The first-order valence-corrected chi connectivity index (χ1v) is 13.5. The van der Waals surface area contributed by atoms with Gasteiger partial charge in [0.2, 0.25) is 0 Å². The Hall–Kier alpha value is -4.00. The Balaban J connectivity index is 1.32. The average molecular weight is 522 g/mol. The molecular formula is C32H27NO4S. The second-order valence-electron chi connectivity index (χ2n) is 9.31. The first kappa shape index (κ1) is 24.3. The minimum atomic E-state index is -0.587. The molecule has 1 atom stereocenters. The SMILES string of the molecule is CCC(OC)(c1cccc(COc2ccc3c(-c4ccccc4)c4c(cc3c2)C(=O)OC4)c1)c1nccs1. The van der Waals surface area contributed by atoms with Crippen LogP contribution in [0.3, 0.4) is 0 Å². The van der Waals surface area contributed by atoms with E-state index in [-0.39, 0.29) is 5.97 Å². The van der Waals surface area contributed by atoms with Crippen molar-refractivity contribution in [3.8, 4) is 16.9 Å². The van der Waals surface area contributed by atoms with Gasteiger partial charge in [0.05, 0.1) is 5.56 Å². The molecule has 0 radical (unpaired) electrons. The lowest BCUT2D eigenvalue weighted by Gasteiger charge is -2.30. The van der Waals surface area contributed by atoms with Crippen molar-refractivity contribution in [2.45, 2.75) is 32.2 Å². The first-order chi connectivity index (χ1) is 18.6. The predicted molar refractivity (Wildman–Crippen MR) is 149 cm³/mol. The van der Waals surface area contributed by atoms with Gasteiger partial charge in [0.1, 0.15) is 29.6 Å². The number of thiazole rings is 1. The fourth-order valence-electron chi connectivity index (χ4n) is 5.33. The second-order valence-corrected chi connectivity index (χ2v) is 10.2. The van der Waals surface area contributed by atoms with Crippen molar-refractivity contribution >= 4 is 28.1 Å². The van der Waals surface area contributed by atoms with Crippen LogP contribution in [0.4, 0.5) is 0 Å². The zero-order chi connectivity index (χ0) is 26.1. The number of benzene rings is 4. The lowest BCUT2D eigenvalue weighted by atomic mass is 9.90. The summed E-state index contributed by atoms with van der Waals surface area (Å²) in [6.45, 7) is 2.81. The molecule has 38 heavy (non-hydrogen) atoms. The van der Waals surface area contributed by atoms with E-state index in [9.17, 15) is 4.79 Å². The highest BCUT2D eigenvalue weighted by Crippen LogP contribution is 2.40. The molecule has 0 aliphatic carbocycles. The van der Waals surface area contributed by atoms with Crippen LogP contribution >= 0.6 is 11.3 Å². The predicted octanol–water partition coefficient (Wildman–Crippen LogP) is 7.51. The molecule has 5 nitrogen and oxygen atoms in total. The fraction of sp³-hybridized carbons (Fsp3) is 0.188. The van der Waals surface area contributed by atoms with Gasteiger partial charge in [0, 0.05) is 24.3 Å². The zero-order valence-corrected chi connectivity index (χ0v) is 22.1. The lowest BCUT2D eigenvalue weighted by molar-refractivity contribution is 0.0183. The number of rotatable bonds is 8. The van der Waals surface area contributed by atoms with Gasteiger partial charge >= 0.3 is 5.97 Å². The van der Waals surface area contributed by atoms with Crippen molar-refractivity contribution in [1.29, 1.82) is 0 Å². The average Bonchev–Trinajstić information content (AvgIpc) is 3.63. The Bertz CT molecular complexity index is 1610. The summed E-state index contributed by atoms with van der Waals surface area (Å²) in [5.41, 5.74) is 5.18. The van der Waals surface area contributed by atoms with Crippen molar-refractivity contribution in [2.24, 2.45) is 0 Å². The number of methoxy groups -OCH3 is 1. The van der Waals surface area contributed by atoms with E-state index in [0.717, 1.165) is 55.8 Å². The summed E-state index contributed by atoms with van der Waals surface area (Å²) >= 11 is 1.60. The molecule has 0 spiro atoms. The maximum absolute atomic E-state index is 12.5. The van der Waals surface area contributed by atoms with Crippen LogP contribution in [0.5, 0.6) is 5.75 Å². The Morgan fingerprint density at radius 2 is 1.89 bits per heavy atom. The molecule has 190 valence electrons. The van der Waals surface area contributed by atoms with Crippen molar-refractivity contribution < 1.29 is 19.0 Å². The number of hydrogen-bond acceptors (Lipinski definition) is 6. The molecule has 1 aliphatic rings. The molecule has 1 aromatic heterocycles. The van der Waals surface area contributed by atoms with Gasteiger partial charge in [-0.2, -0.15) is 0 Å². The Labute approximate surface area is 225 Å². The molecule has 0 amide bonds. The van der Waals surface area contributed by atoms with Gasteiger partial charge in [-0.15, -0.1) is 11.3 Å². The van der Waals surface area contributed by atoms with E-state index < -0.39 is 5.60 Å². The molecule has 0 N–H and O–H groups in total. The van der Waals surface area contributed by atoms with Gasteiger partial charge in [-0.05, 0) is 63.7 Å². The van der Waals surface area contributed by atoms with Crippen LogP contribution in [0.25, 0.3) is 21.9 Å². The first-order valence-electron chi connectivity index (χ1n) is 12.6. The highest BCUT2D eigenvalue weighted by molar-refractivity contribution is 7.09. The van der Waals surface area contributed by atoms with Crippen LogP contribution in [0.2, 0.25) is 0 Å². The van der Waals surface area contributed by atoms with E-state index in [2.05, 4.69) is 48.3 Å². The normalized spacial score (nSPS) is 14.2. The second kappa shape index (κ2) is 10.0. The van der Waals surface area contributed by atoms with Gasteiger partial charge in [-0.1, -0.05) is 61.5 Å². The van der Waals surface area contributed by atoms with E-state index in [1.807, 2.05) is 54.0 Å². The standard InChI is InChI=1S/C32H27NO4S/c1-3-32(35-2,31-33-14-15-38-31)24-11-7-8-21(16-24)19-36-25-12-13-26-23(17-25)18-27-28(20-37-30(27)34)29(26)22-9-5-4-6-10-22/h4-18H,3,19-20H2,1-2H3. The Morgan fingerprint density at radius 1 is 1.03 bits per heavy atom. The molecule has 5 aromatic rings. The number of carbonyl (C=O) groups excluding carboxylic acids is 1. The van der Waals surface area contributed by atoms with Gasteiger partial charge < -0.3 is 14.2 Å². The number of hydrogen-bond donors (Lipinski definition) is 0. The van der Waals surface area contributed by atoms with E-state index in [1.165, 1.54) is 0 Å². The number of nitrogens with zero attached hydrogens (tertiary/aromatic N) is 1.